The van der Waals surface area contributed by atoms with Crippen LogP contribution in [-0.4, -0.2) is 46.7 Å². The smallest absolute Gasteiger partial charge is 0.307 e. The summed E-state index contributed by atoms with van der Waals surface area (Å²) in [6.45, 7) is 3.13. The van der Waals surface area contributed by atoms with Crippen molar-refractivity contribution < 1.29 is 9.53 Å². The van der Waals surface area contributed by atoms with Crippen LogP contribution in [0.2, 0.25) is 0 Å². The van der Waals surface area contributed by atoms with Gasteiger partial charge in [-0.15, -0.1) is 0 Å². The monoisotopic (exact) mass is 265 g/mol. The molecule has 1 aliphatic heterocycles. The van der Waals surface area contributed by atoms with Crippen LogP contribution in [0.1, 0.15) is 32.1 Å². The van der Waals surface area contributed by atoms with Gasteiger partial charge in [0, 0.05) is 31.5 Å². The first-order valence-corrected chi connectivity index (χ1v) is 7.06. The van der Waals surface area contributed by atoms with Crippen molar-refractivity contribution in [1.82, 2.24) is 14.5 Å². The Morgan fingerprint density at radius 1 is 1.42 bits per heavy atom. The van der Waals surface area contributed by atoms with Crippen LogP contribution in [0, 0.1) is 0 Å². The zero-order valence-electron chi connectivity index (χ0n) is 11.6. The normalized spacial score (nSPS) is 20.4. The van der Waals surface area contributed by atoms with Crippen LogP contribution in [0.3, 0.4) is 0 Å². The summed E-state index contributed by atoms with van der Waals surface area (Å²) in [6, 6.07) is 0.365. The van der Waals surface area contributed by atoms with Gasteiger partial charge in [-0.1, -0.05) is 6.42 Å². The van der Waals surface area contributed by atoms with E-state index in [0.29, 0.717) is 12.5 Å². The minimum atomic E-state index is -0.0912. The fourth-order valence-electron chi connectivity index (χ4n) is 2.74. The number of carbonyl (C=O) groups is 1. The van der Waals surface area contributed by atoms with E-state index in [1.165, 1.54) is 20.0 Å². The average Bonchev–Trinajstić information content (AvgIpc) is 2.94. The Hall–Kier alpha value is -1.36. The zero-order valence-corrected chi connectivity index (χ0v) is 11.6. The SMILES string of the molecule is COC(=O)CC1CCCCN1CCCn1ccnc1. The molecule has 0 N–H and O–H groups in total. The van der Waals surface area contributed by atoms with Gasteiger partial charge in [0.1, 0.15) is 0 Å². The number of aromatic nitrogens is 2. The van der Waals surface area contributed by atoms with Crippen molar-refractivity contribution in [3.63, 3.8) is 0 Å². The summed E-state index contributed by atoms with van der Waals surface area (Å²) >= 11 is 0. The van der Waals surface area contributed by atoms with E-state index in [1.54, 1.807) is 6.20 Å². The summed E-state index contributed by atoms with van der Waals surface area (Å²) in [5.41, 5.74) is 0. The maximum atomic E-state index is 11.4. The topological polar surface area (TPSA) is 47.4 Å². The number of likely N-dealkylation sites (tertiary alicyclic amines) is 1. The first-order valence-electron chi connectivity index (χ1n) is 7.06. The summed E-state index contributed by atoms with van der Waals surface area (Å²) in [4.78, 5) is 17.9. The number of imidazole rings is 1. The third kappa shape index (κ3) is 4.35. The number of esters is 1. The van der Waals surface area contributed by atoms with E-state index < -0.39 is 0 Å². The van der Waals surface area contributed by atoms with Crippen LogP contribution in [0.15, 0.2) is 18.7 Å². The number of hydrogen-bond donors (Lipinski definition) is 0. The van der Waals surface area contributed by atoms with Gasteiger partial charge < -0.3 is 9.30 Å². The van der Waals surface area contributed by atoms with E-state index in [-0.39, 0.29) is 5.97 Å². The maximum Gasteiger partial charge on any atom is 0.307 e. The third-order valence-corrected chi connectivity index (χ3v) is 3.80. The predicted molar refractivity (Wildman–Crippen MR) is 72.7 cm³/mol. The molecular weight excluding hydrogens is 242 g/mol. The van der Waals surface area contributed by atoms with Crippen molar-refractivity contribution in [3.05, 3.63) is 18.7 Å². The van der Waals surface area contributed by atoms with E-state index in [9.17, 15) is 4.79 Å². The molecule has 5 heteroatoms. The predicted octanol–water partition coefficient (Wildman–Crippen LogP) is 1.69. The molecule has 5 nitrogen and oxygen atoms in total. The van der Waals surface area contributed by atoms with Crippen molar-refractivity contribution in [3.8, 4) is 0 Å². The van der Waals surface area contributed by atoms with Crippen LogP contribution < -0.4 is 0 Å². The highest BCUT2D eigenvalue weighted by molar-refractivity contribution is 5.69. The molecule has 0 spiro atoms. The maximum absolute atomic E-state index is 11.4. The average molecular weight is 265 g/mol. The Morgan fingerprint density at radius 2 is 2.32 bits per heavy atom. The van der Waals surface area contributed by atoms with Crippen LogP contribution in [0.4, 0.5) is 0 Å². The number of carbonyl (C=O) groups excluding carboxylic acids is 1. The fourth-order valence-corrected chi connectivity index (χ4v) is 2.74. The molecule has 2 heterocycles. The molecular formula is C14H23N3O2. The van der Waals surface area contributed by atoms with Crippen LogP contribution >= 0.6 is 0 Å². The zero-order chi connectivity index (χ0) is 13.5. The van der Waals surface area contributed by atoms with E-state index >= 15 is 0 Å². The number of piperidine rings is 1. The number of rotatable bonds is 6. The van der Waals surface area contributed by atoms with E-state index in [4.69, 9.17) is 4.74 Å². The Morgan fingerprint density at radius 3 is 3.05 bits per heavy atom. The molecule has 1 aromatic rings. The Bertz CT molecular complexity index is 378. The molecule has 1 saturated heterocycles. The molecule has 0 radical (unpaired) electrons. The van der Waals surface area contributed by atoms with Gasteiger partial charge >= 0.3 is 5.97 Å². The van der Waals surface area contributed by atoms with E-state index in [1.807, 2.05) is 12.5 Å². The summed E-state index contributed by atoms with van der Waals surface area (Å²) in [6.07, 6.45) is 10.8. The van der Waals surface area contributed by atoms with Crippen molar-refractivity contribution in [2.24, 2.45) is 0 Å². The second kappa shape index (κ2) is 7.28. The molecule has 1 aliphatic rings. The van der Waals surface area contributed by atoms with Gasteiger partial charge in [-0.2, -0.15) is 0 Å². The lowest BCUT2D eigenvalue weighted by Gasteiger charge is -2.35. The van der Waals surface area contributed by atoms with Crippen molar-refractivity contribution in [2.75, 3.05) is 20.2 Å². The molecule has 2 rings (SSSR count). The first-order chi connectivity index (χ1) is 9.29. The molecule has 19 heavy (non-hydrogen) atoms. The van der Waals surface area contributed by atoms with Crippen LogP contribution in [0.25, 0.3) is 0 Å². The van der Waals surface area contributed by atoms with Gasteiger partial charge in [0.15, 0.2) is 0 Å². The van der Waals surface area contributed by atoms with E-state index in [2.05, 4.69) is 14.5 Å². The first kappa shape index (κ1) is 14.1. The molecule has 0 amide bonds. The second-order valence-electron chi connectivity index (χ2n) is 5.12. The van der Waals surface area contributed by atoms with Gasteiger partial charge in [0.05, 0.1) is 19.9 Å². The van der Waals surface area contributed by atoms with E-state index in [0.717, 1.165) is 32.5 Å². The fraction of sp³-hybridized carbons (Fsp3) is 0.714. The Labute approximate surface area is 114 Å². The molecule has 1 atom stereocenters. The third-order valence-electron chi connectivity index (χ3n) is 3.80. The highest BCUT2D eigenvalue weighted by Crippen LogP contribution is 2.20. The number of hydrogen-bond acceptors (Lipinski definition) is 4. The number of methoxy groups -OCH3 is 1. The van der Waals surface area contributed by atoms with Gasteiger partial charge in [-0.3, -0.25) is 9.69 Å². The standard InChI is InChI=1S/C14H23N3O2/c1-19-14(18)11-13-5-2-3-8-17(13)9-4-7-16-10-6-15-12-16/h6,10,12-13H,2-5,7-9,11H2,1H3. The molecule has 1 unspecified atom stereocenters. The minimum Gasteiger partial charge on any atom is -0.469 e. The lowest BCUT2D eigenvalue weighted by Crippen LogP contribution is -2.41. The molecule has 0 aromatic carbocycles. The quantitative estimate of drug-likeness (QED) is 0.734. The molecule has 106 valence electrons. The summed E-state index contributed by atoms with van der Waals surface area (Å²) in [7, 11) is 1.47. The molecule has 1 aromatic heterocycles. The van der Waals surface area contributed by atoms with Crippen molar-refractivity contribution in [1.29, 1.82) is 0 Å². The Kier molecular flexibility index (Phi) is 5.39. The second-order valence-corrected chi connectivity index (χ2v) is 5.12. The highest BCUT2D eigenvalue weighted by atomic mass is 16.5. The largest absolute Gasteiger partial charge is 0.469 e. The number of nitrogens with zero attached hydrogens (tertiary/aromatic N) is 3. The summed E-state index contributed by atoms with van der Waals surface area (Å²) in [5.74, 6) is -0.0912. The summed E-state index contributed by atoms with van der Waals surface area (Å²) in [5, 5.41) is 0. The summed E-state index contributed by atoms with van der Waals surface area (Å²) < 4.78 is 6.88. The van der Waals surface area contributed by atoms with Crippen LogP contribution in [0.5, 0.6) is 0 Å². The molecule has 1 fully saturated rings. The van der Waals surface area contributed by atoms with Crippen molar-refractivity contribution >= 4 is 5.97 Å². The van der Waals surface area contributed by atoms with Gasteiger partial charge in [-0.05, 0) is 25.8 Å². The highest BCUT2D eigenvalue weighted by Gasteiger charge is 2.24. The van der Waals surface area contributed by atoms with Gasteiger partial charge in [-0.25, -0.2) is 4.98 Å². The van der Waals surface area contributed by atoms with Crippen molar-refractivity contribution in [2.45, 2.75) is 44.7 Å². The number of aryl methyl sites for hydroxylation is 1. The minimum absolute atomic E-state index is 0.0912. The van der Waals surface area contributed by atoms with Gasteiger partial charge in [0.2, 0.25) is 0 Å². The molecule has 0 aliphatic carbocycles. The Balaban J connectivity index is 1.77. The van der Waals surface area contributed by atoms with Crippen LogP contribution in [-0.2, 0) is 16.1 Å². The lowest BCUT2D eigenvalue weighted by molar-refractivity contribution is -0.142. The van der Waals surface area contributed by atoms with Gasteiger partial charge in [0.25, 0.3) is 0 Å². The molecule has 0 saturated carbocycles. The molecule has 0 bridgehead atoms. The number of ether oxygens (including phenoxy) is 1. The lowest BCUT2D eigenvalue weighted by atomic mass is 9.99.